The van der Waals surface area contributed by atoms with Gasteiger partial charge in [-0.05, 0) is 35.7 Å². The molecule has 3 aromatic carbocycles. The van der Waals surface area contributed by atoms with E-state index in [-0.39, 0.29) is 78.3 Å². The van der Waals surface area contributed by atoms with Gasteiger partial charge in [0.05, 0.1) is 10.6 Å². The van der Waals surface area contributed by atoms with Gasteiger partial charge in [0.2, 0.25) is 0 Å². The summed E-state index contributed by atoms with van der Waals surface area (Å²) in [6, 6.07) is 15.4. The van der Waals surface area contributed by atoms with Crippen molar-refractivity contribution in [3.05, 3.63) is 60.7 Å². The number of benzene rings is 3. The predicted octanol–water partition coefficient (Wildman–Crippen LogP) is -2.09. The van der Waals surface area contributed by atoms with Gasteiger partial charge in [0.15, 0.2) is 5.75 Å². The van der Waals surface area contributed by atoms with Crippen LogP contribution in [0.5, 0.6) is 5.75 Å². The van der Waals surface area contributed by atoms with Crippen molar-refractivity contribution < 1.29 is 87.9 Å². The van der Waals surface area contributed by atoms with E-state index < -0.39 is 21.5 Å². The maximum atomic E-state index is 11.0. The summed E-state index contributed by atoms with van der Waals surface area (Å²) < 4.78 is 57.6. The molecule has 0 aliphatic rings. The first-order valence-corrected chi connectivity index (χ1v) is 9.57. The molecule has 28 heavy (non-hydrogen) atoms. The molecule has 3 aromatic rings. The van der Waals surface area contributed by atoms with Crippen molar-refractivity contribution in [3.63, 3.8) is 0 Å². The number of fused-ring (bicyclic) bond motifs is 1. The molecule has 0 spiro atoms. The molecule has 3 rings (SSSR count). The second kappa shape index (κ2) is 10.9. The van der Waals surface area contributed by atoms with Crippen molar-refractivity contribution in [1.29, 1.82) is 0 Å². The van der Waals surface area contributed by atoms with Gasteiger partial charge in [-0.2, -0.15) is 13.5 Å². The van der Waals surface area contributed by atoms with Crippen molar-refractivity contribution in [3.8, 4) is 5.75 Å². The topological polar surface area (TPSA) is 128 Å². The molecule has 0 heterocycles. The van der Waals surface area contributed by atoms with Gasteiger partial charge in [0.25, 0.3) is 10.1 Å². The number of azo groups is 1. The molecule has 138 valence electrons. The zero-order chi connectivity index (χ0) is 18.7. The molecule has 1 N–H and O–H groups in total. The van der Waals surface area contributed by atoms with Crippen molar-refractivity contribution >= 4 is 43.6 Å². The average Bonchev–Trinajstić information content (AvgIpc) is 2.60. The summed E-state index contributed by atoms with van der Waals surface area (Å²) in [5, 5.41) is 9.49. The van der Waals surface area contributed by atoms with Gasteiger partial charge in [0.1, 0.15) is 17.0 Å². The van der Waals surface area contributed by atoms with Crippen molar-refractivity contribution in [2.75, 3.05) is 0 Å². The van der Waals surface area contributed by atoms with E-state index in [1.807, 2.05) is 12.1 Å². The summed E-state index contributed by atoms with van der Waals surface area (Å²) in [5.41, 5.74) is 0.519. The Morgan fingerprint density at radius 2 is 1.61 bits per heavy atom. The summed E-state index contributed by atoms with van der Waals surface area (Å²) in [6.07, 6.45) is 0. The number of nitrogens with zero attached hydrogens (tertiary/aromatic N) is 2. The van der Waals surface area contributed by atoms with Crippen LogP contribution in [0.2, 0.25) is 0 Å². The first-order valence-electron chi connectivity index (χ1n) is 7.13. The van der Waals surface area contributed by atoms with E-state index in [0.29, 0.717) is 11.1 Å². The molecular weight excluding hydrogens is 426 g/mol. The Hall–Kier alpha value is -0.660. The smallest absolute Gasteiger partial charge is 1.00 e. The zero-order valence-electron chi connectivity index (χ0n) is 17.0. The van der Waals surface area contributed by atoms with Crippen molar-refractivity contribution in [1.82, 2.24) is 0 Å². The minimum absolute atomic E-state index is 0. The Morgan fingerprint density at radius 1 is 0.964 bits per heavy atom. The first kappa shape index (κ1) is 25.4. The summed E-state index contributed by atoms with van der Waals surface area (Å²) in [6.45, 7) is 0. The average molecular weight is 439 g/mol. The van der Waals surface area contributed by atoms with Crippen LogP contribution in [0.4, 0.5) is 11.4 Å². The van der Waals surface area contributed by atoms with E-state index >= 15 is 0 Å². The molecule has 0 fully saturated rings. The fourth-order valence-electron chi connectivity index (χ4n) is 2.27. The van der Waals surface area contributed by atoms with Gasteiger partial charge >= 0.3 is 59.1 Å². The monoisotopic (exact) mass is 439 g/mol. The van der Waals surface area contributed by atoms with E-state index in [1.165, 1.54) is 30.3 Å². The SMILES string of the molecule is O=S([O-])Oc1ccc2ccccc2c1N=Nc1ccc(S(=O)(=O)O)cc1.[H-].[H-].[Na+].[Na+]. The molecule has 1 unspecified atom stereocenters. The van der Waals surface area contributed by atoms with Gasteiger partial charge < -0.3 is 11.6 Å². The van der Waals surface area contributed by atoms with E-state index in [9.17, 15) is 17.2 Å². The van der Waals surface area contributed by atoms with Gasteiger partial charge in [-0.1, -0.05) is 30.3 Å². The van der Waals surface area contributed by atoms with Crippen molar-refractivity contribution in [2.45, 2.75) is 4.90 Å². The third-order valence-corrected chi connectivity index (χ3v) is 4.60. The van der Waals surface area contributed by atoms with Crippen LogP contribution in [-0.2, 0) is 21.5 Å². The molecular formula is C16H13N2Na2O6S2-. The molecule has 0 aliphatic carbocycles. The third kappa shape index (κ3) is 6.42. The first-order chi connectivity index (χ1) is 12.3. The second-order valence-corrected chi connectivity index (χ2v) is 7.09. The van der Waals surface area contributed by atoms with Crippen LogP contribution in [-0.4, -0.2) is 21.7 Å². The Morgan fingerprint density at radius 3 is 2.21 bits per heavy atom. The molecule has 0 aliphatic heterocycles. The number of hydrogen-bond donors (Lipinski definition) is 1. The molecule has 1 atom stereocenters. The van der Waals surface area contributed by atoms with E-state index in [1.54, 1.807) is 18.2 Å². The Bertz CT molecular complexity index is 1130. The van der Waals surface area contributed by atoms with Gasteiger partial charge in [0, 0.05) is 5.39 Å². The predicted molar refractivity (Wildman–Crippen MR) is 96.2 cm³/mol. The summed E-state index contributed by atoms with van der Waals surface area (Å²) >= 11 is -2.78. The normalized spacial score (nSPS) is 12.2. The van der Waals surface area contributed by atoms with Crippen LogP contribution >= 0.6 is 0 Å². The Balaban J connectivity index is 0. The van der Waals surface area contributed by atoms with Crippen LogP contribution in [0, 0.1) is 0 Å². The maximum absolute atomic E-state index is 11.0. The molecule has 12 heteroatoms. The van der Waals surface area contributed by atoms with Crippen LogP contribution in [0.15, 0.2) is 75.8 Å². The van der Waals surface area contributed by atoms with Crippen LogP contribution in [0.25, 0.3) is 10.8 Å². The third-order valence-electron chi connectivity index (χ3n) is 3.42. The van der Waals surface area contributed by atoms with E-state index in [4.69, 9.17) is 8.74 Å². The van der Waals surface area contributed by atoms with Crippen LogP contribution in [0.3, 0.4) is 0 Å². The minimum atomic E-state index is -4.30. The Kier molecular flexibility index (Phi) is 9.90. The standard InChI is InChI=1S/C16H12N2O6S2.2Na.2H/c19-25(20)24-15-10-5-11-3-1-2-4-14(11)16(15)18-17-12-6-8-13(9-7-12)26(21,22)23;;;;/h1-10H,(H,19,20)(H,21,22,23);;;;/q;2*+1;2*-1/p-1. The summed E-state index contributed by atoms with van der Waals surface area (Å²) in [7, 11) is -4.30. The summed E-state index contributed by atoms with van der Waals surface area (Å²) in [5.74, 6) is 0.00957. The quantitative estimate of drug-likeness (QED) is 0.210. The molecule has 0 radical (unpaired) electrons. The largest absolute Gasteiger partial charge is 1.00 e. The molecule has 8 nitrogen and oxygen atoms in total. The fourth-order valence-corrected chi connectivity index (χ4v) is 3.03. The molecule has 0 saturated heterocycles. The summed E-state index contributed by atoms with van der Waals surface area (Å²) in [4.78, 5) is -0.271. The number of rotatable bonds is 5. The molecule has 0 bridgehead atoms. The van der Waals surface area contributed by atoms with Gasteiger partial charge in [-0.3, -0.25) is 4.55 Å². The fraction of sp³-hybridized carbons (Fsp3) is 0. The Labute approximate surface area is 211 Å². The van der Waals surface area contributed by atoms with Crippen LogP contribution in [0.1, 0.15) is 2.85 Å². The second-order valence-electron chi connectivity index (χ2n) is 5.09. The van der Waals surface area contributed by atoms with E-state index in [2.05, 4.69) is 10.2 Å². The van der Waals surface area contributed by atoms with Gasteiger partial charge in [-0.15, -0.1) is 5.11 Å². The van der Waals surface area contributed by atoms with E-state index in [0.717, 1.165) is 5.39 Å². The maximum Gasteiger partial charge on any atom is 1.00 e. The molecule has 0 saturated carbocycles. The minimum Gasteiger partial charge on any atom is -1.00 e. The zero-order valence-corrected chi connectivity index (χ0v) is 20.6. The van der Waals surface area contributed by atoms with Gasteiger partial charge in [-0.25, -0.2) is 4.21 Å². The van der Waals surface area contributed by atoms with Crippen molar-refractivity contribution in [2.24, 2.45) is 10.2 Å². The number of hydrogen-bond acceptors (Lipinski definition) is 7. The molecule has 0 aromatic heterocycles. The van der Waals surface area contributed by atoms with Crippen LogP contribution < -0.4 is 63.3 Å². The molecule has 0 amide bonds.